The van der Waals surface area contributed by atoms with E-state index in [-0.39, 0.29) is 0 Å². The van der Waals surface area contributed by atoms with Crippen LogP contribution in [-0.4, -0.2) is 31.6 Å². The predicted octanol–water partition coefficient (Wildman–Crippen LogP) is 2.80. The van der Waals surface area contributed by atoms with Gasteiger partial charge in [-0.1, -0.05) is 38.1 Å². The van der Waals surface area contributed by atoms with Gasteiger partial charge in [0.05, 0.1) is 0 Å². The molecule has 1 aliphatic rings. The van der Waals surface area contributed by atoms with Gasteiger partial charge in [-0.2, -0.15) is 0 Å². The van der Waals surface area contributed by atoms with Gasteiger partial charge < -0.3 is 10.6 Å². The minimum absolute atomic E-state index is 0.490. The van der Waals surface area contributed by atoms with Gasteiger partial charge in [0.15, 0.2) is 0 Å². The fourth-order valence-electron chi connectivity index (χ4n) is 3.04. The molecule has 0 amide bonds. The van der Waals surface area contributed by atoms with Crippen molar-refractivity contribution in [3.05, 3.63) is 35.4 Å². The SMILES string of the molecule is CC(C)C(CN)c1cccc(C2CCN(C)C2)c1. The molecule has 100 valence electrons. The molecule has 1 heterocycles. The molecule has 2 nitrogen and oxygen atoms in total. The van der Waals surface area contributed by atoms with Crippen molar-refractivity contribution in [3.8, 4) is 0 Å². The molecule has 1 aromatic rings. The highest BCUT2D eigenvalue weighted by atomic mass is 15.1. The van der Waals surface area contributed by atoms with Gasteiger partial charge in [-0.05, 0) is 55.4 Å². The average Bonchev–Trinajstić information content (AvgIpc) is 2.77. The first kappa shape index (κ1) is 13.6. The van der Waals surface area contributed by atoms with Crippen LogP contribution in [0.1, 0.15) is 43.2 Å². The van der Waals surface area contributed by atoms with Crippen LogP contribution in [0.4, 0.5) is 0 Å². The number of hydrogen-bond donors (Lipinski definition) is 1. The molecule has 1 aromatic carbocycles. The molecule has 2 unspecified atom stereocenters. The van der Waals surface area contributed by atoms with Crippen LogP contribution in [-0.2, 0) is 0 Å². The summed E-state index contributed by atoms with van der Waals surface area (Å²) < 4.78 is 0. The Balaban J connectivity index is 2.19. The van der Waals surface area contributed by atoms with Gasteiger partial charge in [0.25, 0.3) is 0 Å². The van der Waals surface area contributed by atoms with Crippen LogP contribution >= 0.6 is 0 Å². The third kappa shape index (κ3) is 2.93. The maximum Gasteiger partial charge on any atom is 0.00477 e. The van der Waals surface area contributed by atoms with Gasteiger partial charge in [-0.15, -0.1) is 0 Å². The summed E-state index contributed by atoms with van der Waals surface area (Å²) in [5, 5.41) is 0. The van der Waals surface area contributed by atoms with Crippen molar-refractivity contribution in [1.29, 1.82) is 0 Å². The minimum atomic E-state index is 0.490. The Morgan fingerprint density at radius 1 is 1.39 bits per heavy atom. The summed E-state index contributed by atoms with van der Waals surface area (Å²) >= 11 is 0. The summed E-state index contributed by atoms with van der Waals surface area (Å²) in [6.45, 7) is 7.67. The van der Waals surface area contributed by atoms with Crippen molar-refractivity contribution in [1.82, 2.24) is 4.90 Å². The molecule has 2 rings (SSSR count). The maximum atomic E-state index is 5.92. The van der Waals surface area contributed by atoms with Crippen molar-refractivity contribution in [2.45, 2.75) is 32.1 Å². The summed E-state index contributed by atoms with van der Waals surface area (Å²) in [5.74, 6) is 1.81. The van der Waals surface area contributed by atoms with E-state index in [1.54, 1.807) is 0 Å². The average molecular weight is 246 g/mol. The van der Waals surface area contributed by atoms with Crippen LogP contribution in [0, 0.1) is 5.92 Å². The zero-order valence-corrected chi connectivity index (χ0v) is 11.9. The molecule has 18 heavy (non-hydrogen) atoms. The van der Waals surface area contributed by atoms with Crippen molar-refractivity contribution in [3.63, 3.8) is 0 Å². The number of nitrogens with two attached hydrogens (primary N) is 1. The molecule has 1 aliphatic heterocycles. The summed E-state index contributed by atoms with van der Waals surface area (Å²) in [6.07, 6.45) is 1.29. The Labute approximate surface area is 111 Å². The van der Waals surface area contributed by atoms with Crippen LogP contribution < -0.4 is 5.73 Å². The largest absolute Gasteiger partial charge is 0.330 e. The topological polar surface area (TPSA) is 29.3 Å². The number of likely N-dealkylation sites (tertiary alicyclic amines) is 1. The standard InChI is InChI=1S/C16H26N2/c1-12(2)16(10-17)14-6-4-5-13(9-14)15-7-8-18(3)11-15/h4-6,9,12,15-16H,7-8,10-11,17H2,1-3H3. The number of nitrogens with zero attached hydrogens (tertiary/aromatic N) is 1. The molecular weight excluding hydrogens is 220 g/mol. The summed E-state index contributed by atoms with van der Waals surface area (Å²) in [5.41, 5.74) is 8.84. The lowest BCUT2D eigenvalue weighted by Gasteiger charge is -2.21. The molecule has 1 fully saturated rings. The Morgan fingerprint density at radius 2 is 2.17 bits per heavy atom. The highest BCUT2D eigenvalue weighted by molar-refractivity contribution is 5.30. The fraction of sp³-hybridized carbons (Fsp3) is 0.625. The summed E-state index contributed by atoms with van der Waals surface area (Å²) in [6, 6.07) is 9.11. The molecule has 0 aromatic heterocycles. The summed E-state index contributed by atoms with van der Waals surface area (Å²) in [7, 11) is 2.21. The second kappa shape index (κ2) is 5.85. The van der Waals surface area contributed by atoms with E-state index in [1.807, 2.05) is 0 Å². The first-order valence-corrected chi connectivity index (χ1v) is 7.10. The van der Waals surface area contributed by atoms with Crippen LogP contribution in [0.25, 0.3) is 0 Å². The number of hydrogen-bond acceptors (Lipinski definition) is 2. The molecule has 0 spiro atoms. The van der Waals surface area contributed by atoms with E-state index in [2.05, 4.69) is 50.1 Å². The molecular formula is C16H26N2. The normalized spacial score (nSPS) is 22.6. The van der Waals surface area contributed by atoms with Gasteiger partial charge in [0.2, 0.25) is 0 Å². The molecule has 0 aliphatic carbocycles. The van der Waals surface area contributed by atoms with E-state index in [0.29, 0.717) is 17.8 Å². The van der Waals surface area contributed by atoms with Crippen LogP contribution in [0.3, 0.4) is 0 Å². The lowest BCUT2D eigenvalue weighted by molar-refractivity contribution is 0.411. The minimum Gasteiger partial charge on any atom is -0.330 e. The van der Waals surface area contributed by atoms with Gasteiger partial charge in [0, 0.05) is 6.54 Å². The lowest BCUT2D eigenvalue weighted by atomic mass is 9.86. The maximum absolute atomic E-state index is 5.92. The first-order valence-electron chi connectivity index (χ1n) is 7.10. The third-order valence-corrected chi connectivity index (χ3v) is 4.26. The molecule has 2 atom stereocenters. The van der Waals surface area contributed by atoms with Gasteiger partial charge >= 0.3 is 0 Å². The Morgan fingerprint density at radius 3 is 2.72 bits per heavy atom. The Hall–Kier alpha value is -0.860. The Bertz CT molecular complexity index is 386. The van der Waals surface area contributed by atoms with E-state index in [0.717, 1.165) is 6.54 Å². The number of likely N-dealkylation sites (N-methyl/N-ethyl adjacent to an activating group) is 1. The van der Waals surface area contributed by atoms with E-state index >= 15 is 0 Å². The molecule has 1 saturated heterocycles. The van der Waals surface area contributed by atoms with Gasteiger partial charge in [-0.3, -0.25) is 0 Å². The van der Waals surface area contributed by atoms with Crippen molar-refractivity contribution >= 4 is 0 Å². The van der Waals surface area contributed by atoms with E-state index in [4.69, 9.17) is 5.73 Å². The number of benzene rings is 1. The number of rotatable bonds is 4. The second-order valence-electron chi connectivity index (χ2n) is 6.00. The van der Waals surface area contributed by atoms with Crippen molar-refractivity contribution < 1.29 is 0 Å². The van der Waals surface area contributed by atoms with Gasteiger partial charge in [0.1, 0.15) is 0 Å². The molecule has 2 heteroatoms. The second-order valence-corrected chi connectivity index (χ2v) is 6.00. The van der Waals surface area contributed by atoms with Crippen LogP contribution in [0.5, 0.6) is 0 Å². The van der Waals surface area contributed by atoms with Crippen molar-refractivity contribution in [2.24, 2.45) is 11.7 Å². The molecule has 0 saturated carbocycles. The molecule has 0 radical (unpaired) electrons. The lowest BCUT2D eigenvalue weighted by Crippen LogP contribution is -2.18. The zero-order valence-electron chi connectivity index (χ0n) is 11.9. The molecule has 2 N–H and O–H groups in total. The van der Waals surface area contributed by atoms with Crippen molar-refractivity contribution in [2.75, 3.05) is 26.7 Å². The smallest absolute Gasteiger partial charge is 0.00477 e. The Kier molecular flexibility index (Phi) is 4.41. The first-order chi connectivity index (χ1) is 8.61. The highest BCUT2D eigenvalue weighted by Crippen LogP contribution is 2.30. The highest BCUT2D eigenvalue weighted by Gasteiger charge is 2.22. The predicted molar refractivity (Wildman–Crippen MR) is 77.9 cm³/mol. The van der Waals surface area contributed by atoms with E-state index in [1.165, 1.54) is 30.6 Å². The zero-order chi connectivity index (χ0) is 13.1. The molecule has 0 bridgehead atoms. The van der Waals surface area contributed by atoms with E-state index < -0.39 is 0 Å². The van der Waals surface area contributed by atoms with Gasteiger partial charge in [-0.25, -0.2) is 0 Å². The third-order valence-electron chi connectivity index (χ3n) is 4.26. The van der Waals surface area contributed by atoms with Crippen LogP contribution in [0.2, 0.25) is 0 Å². The van der Waals surface area contributed by atoms with E-state index in [9.17, 15) is 0 Å². The summed E-state index contributed by atoms with van der Waals surface area (Å²) in [4.78, 5) is 2.42. The van der Waals surface area contributed by atoms with Crippen LogP contribution in [0.15, 0.2) is 24.3 Å². The monoisotopic (exact) mass is 246 g/mol. The fourth-order valence-corrected chi connectivity index (χ4v) is 3.04. The quantitative estimate of drug-likeness (QED) is 0.885.